The first-order valence-electron chi connectivity index (χ1n) is 4.39. The van der Waals surface area contributed by atoms with Crippen LogP contribution in [0, 0.1) is 5.41 Å². The van der Waals surface area contributed by atoms with Gasteiger partial charge >= 0.3 is 0 Å². The zero-order valence-electron chi connectivity index (χ0n) is 8.66. The lowest BCUT2D eigenvalue weighted by Crippen LogP contribution is -2.24. The van der Waals surface area contributed by atoms with E-state index in [1.54, 1.807) is 18.2 Å². The van der Waals surface area contributed by atoms with Crippen molar-refractivity contribution in [1.82, 2.24) is 4.98 Å². The van der Waals surface area contributed by atoms with Crippen molar-refractivity contribution in [3.8, 4) is 5.88 Å². The Morgan fingerprint density at radius 3 is 2.57 bits per heavy atom. The van der Waals surface area contributed by atoms with Crippen molar-refractivity contribution in [1.29, 1.82) is 5.41 Å². The predicted octanol–water partition coefficient (Wildman–Crippen LogP) is 1.54. The van der Waals surface area contributed by atoms with Crippen LogP contribution >= 0.6 is 0 Å². The number of nitrogen functional groups attached to an aromatic ring is 1. The molecule has 0 aliphatic heterocycles. The third kappa shape index (κ3) is 3.05. The molecule has 1 heterocycles. The van der Waals surface area contributed by atoms with Crippen LogP contribution in [0.2, 0.25) is 0 Å². The van der Waals surface area contributed by atoms with E-state index in [0.29, 0.717) is 11.6 Å². The van der Waals surface area contributed by atoms with Gasteiger partial charge in [-0.1, -0.05) is 6.07 Å². The summed E-state index contributed by atoms with van der Waals surface area (Å²) in [4.78, 5) is 4.09. The number of aromatic nitrogens is 1. The van der Waals surface area contributed by atoms with Gasteiger partial charge in [0, 0.05) is 6.07 Å². The summed E-state index contributed by atoms with van der Waals surface area (Å²) >= 11 is 0. The van der Waals surface area contributed by atoms with Gasteiger partial charge in [-0.3, -0.25) is 5.41 Å². The van der Waals surface area contributed by atoms with Crippen LogP contribution in [0.3, 0.4) is 0 Å². The highest BCUT2D eigenvalue weighted by atomic mass is 16.5. The summed E-state index contributed by atoms with van der Waals surface area (Å²) in [5, 5.41) is 7.22. The summed E-state index contributed by atoms with van der Waals surface area (Å²) in [5.74, 6) is 0.439. The van der Waals surface area contributed by atoms with E-state index in [1.165, 1.54) is 0 Å². The molecule has 1 aromatic rings. The summed E-state index contributed by atoms with van der Waals surface area (Å²) in [6.07, 6.45) is 0. The van der Waals surface area contributed by atoms with Crippen molar-refractivity contribution in [3.63, 3.8) is 0 Å². The fourth-order valence-corrected chi connectivity index (χ4v) is 0.935. The monoisotopic (exact) mass is 193 g/mol. The maximum atomic E-state index is 7.22. The van der Waals surface area contributed by atoms with Gasteiger partial charge in [-0.05, 0) is 26.8 Å². The molecule has 0 aliphatic carbocycles. The lowest BCUT2D eigenvalue weighted by atomic mass is 10.2. The van der Waals surface area contributed by atoms with Crippen molar-refractivity contribution >= 4 is 5.84 Å². The Balaban J connectivity index is 2.89. The van der Waals surface area contributed by atoms with Gasteiger partial charge in [-0.15, -0.1) is 0 Å². The minimum absolute atomic E-state index is 0.0515. The van der Waals surface area contributed by atoms with Crippen molar-refractivity contribution in [2.24, 2.45) is 5.73 Å². The molecule has 4 heteroatoms. The molecule has 14 heavy (non-hydrogen) atoms. The third-order valence-electron chi connectivity index (χ3n) is 1.41. The van der Waals surface area contributed by atoms with E-state index >= 15 is 0 Å². The van der Waals surface area contributed by atoms with Gasteiger partial charge in [0.25, 0.3) is 0 Å². The first-order valence-corrected chi connectivity index (χ1v) is 4.39. The molecule has 0 fully saturated rings. The van der Waals surface area contributed by atoms with E-state index in [2.05, 4.69) is 4.98 Å². The third-order valence-corrected chi connectivity index (χ3v) is 1.41. The molecule has 3 N–H and O–H groups in total. The van der Waals surface area contributed by atoms with E-state index in [-0.39, 0.29) is 11.4 Å². The minimum atomic E-state index is -0.289. The molecule has 0 aromatic carbocycles. The standard InChI is InChI=1S/C10H15N3O/c1-10(2,3)14-8-6-4-5-7(13-8)9(11)12/h4-6H,1-3H3,(H3,11,12). The molecule has 0 aliphatic rings. The lowest BCUT2D eigenvalue weighted by molar-refractivity contribution is 0.124. The van der Waals surface area contributed by atoms with Crippen LogP contribution < -0.4 is 10.5 Å². The van der Waals surface area contributed by atoms with Gasteiger partial charge < -0.3 is 10.5 Å². The Morgan fingerprint density at radius 2 is 2.07 bits per heavy atom. The highest BCUT2D eigenvalue weighted by Crippen LogP contribution is 2.15. The second-order valence-electron chi connectivity index (χ2n) is 3.99. The predicted molar refractivity (Wildman–Crippen MR) is 55.6 cm³/mol. The fourth-order valence-electron chi connectivity index (χ4n) is 0.935. The van der Waals surface area contributed by atoms with E-state index in [9.17, 15) is 0 Å². The largest absolute Gasteiger partial charge is 0.472 e. The van der Waals surface area contributed by atoms with Gasteiger partial charge in [-0.25, -0.2) is 4.98 Å². The Kier molecular flexibility index (Phi) is 2.74. The summed E-state index contributed by atoms with van der Waals surface area (Å²) in [6, 6.07) is 5.19. The topological polar surface area (TPSA) is 72.0 Å². The van der Waals surface area contributed by atoms with Gasteiger partial charge in [0.05, 0.1) is 0 Å². The molecule has 0 spiro atoms. The minimum Gasteiger partial charge on any atom is -0.472 e. The van der Waals surface area contributed by atoms with Crippen LogP contribution in [-0.2, 0) is 0 Å². The summed E-state index contributed by atoms with van der Waals surface area (Å²) in [5.41, 5.74) is 5.46. The average molecular weight is 193 g/mol. The molecule has 1 aromatic heterocycles. The van der Waals surface area contributed by atoms with Crippen molar-refractivity contribution in [2.45, 2.75) is 26.4 Å². The smallest absolute Gasteiger partial charge is 0.214 e. The molecule has 4 nitrogen and oxygen atoms in total. The number of rotatable bonds is 2. The van der Waals surface area contributed by atoms with Gasteiger partial charge in [0.1, 0.15) is 17.1 Å². The number of nitrogens with one attached hydrogen (secondary N) is 1. The van der Waals surface area contributed by atoms with Crippen LogP contribution in [0.25, 0.3) is 0 Å². The van der Waals surface area contributed by atoms with E-state index < -0.39 is 0 Å². The first-order chi connectivity index (χ1) is 6.38. The van der Waals surface area contributed by atoms with Crippen LogP contribution in [-0.4, -0.2) is 16.4 Å². The quantitative estimate of drug-likeness (QED) is 0.552. The molecular weight excluding hydrogens is 178 g/mol. The number of nitrogens with two attached hydrogens (primary N) is 1. The van der Waals surface area contributed by atoms with E-state index in [0.717, 1.165) is 0 Å². The molecular formula is C10H15N3O. The molecule has 0 amide bonds. The van der Waals surface area contributed by atoms with Gasteiger partial charge in [0.2, 0.25) is 5.88 Å². The van der Waals surface area contributed by atoms with Gasteiger partial charge in [0.15, 0.2) is 0 Å². The Labute approximate surface area is 83.6 Å². The number of amidine groups is 1. The lowest BCUT2D eigenvalue weighted by Gasteiger charge is -2.20. The molecule has 0 radical (unpaired) electrons. The number of hydrogen-bond acceptors (Lipinski definition) is 3. The number of nitrogens with zero attached hydrogens (tertiary/aromatic N) is 1. The van der Waals surface area contributed by atoms with Gasteiger partial charge in [-0.2, -0.15) is 0 Å². The molecule has 0 unspecified atom stereocenters. The maximum absolute atomic E-state index is 7.22. The Morgan fingerprint density at radius 1 is 1.43 bits per heavy atom. The second kappa shape index (κ2) is 3.65. The Hall–Kier alpha value is -1.58. The molecule has 0 saturated carbocycles. The van der Waals surface area contributed by atoms with Crippen LogP contribution in [0.1, 0.15) is 26.5 Å². The van der Waals surface area contributed by atoms with Crippen LogP contribution in [0.4, 0.5) is 0 Å². The zero-order valence-corrected chi connectivity index (χ0v) is 8.66. The molecule has 76 valence electrons. The number of hydrogen-bond donors (Lipinski definition) is 2. The summed E-state index contributed by atoms with van der Waals surface area (Å²) < 4.78 is 5.53. The van der Waals surface area contributed by atoms with Crippen molar-refractivity contribution in [3.05, 3.63) is 23.9 Å². The average Bonchev–Trinajstić information content (AvgIpc) is 2.01. The summed E-state index contributed by atoms with van der Waals surface area (Å²) in [7, 11) is 0. The number of pyridine rings is 1. The molecule has 0 atom stereocenters. The maximum Gasteiger partial charge on any atom is 0.214 e. The fraction of sp³-hybridized carbons (Fsp3) is 0.400. The van der Waals surface area contributed by atoms with E-state index in [4.69, 9.17) is 15.9 Å². The molecule has 0 saturated heterocycles. The Bertz CT molecular complexity index is 341. The van der Waals surface area contributed by atoms with Crippen molar-refractivity contribution in [2.75, 3.05) is 0 Å². The van der Waals surface area contributed by atoms with Crippen molar-refractivity contribution < 1.29 is 4.74 Å². The SMILES string of the molecule is CC(C)(C)Oc1cccc(C(=N)N)n1. The first kappa shape index (κ1) is 10.5. The molecule has 1 rings (SSSR count). The second-order valence-corrected chi connectivity index (χ2v) is 3.99. The molecule has 0 bridgehead atoms. The highest BCUT2D eigenvalue weighted by Gasteiger charge is 2.12. The zero-order chi connectivity index (χ0) is 10.8. The highest BCUT2D eigenvalue weighted by molar-refractivity contribution is 5.93. The summed E-state index contributed by atoms with van der Waals surface area (Å²) in [6.45, 7) is 5.82. The van der Waals surface area contributed by atoms with Crippen LogP contribution in [0.5, 0.6) is 5.88 Å². The number of ether oxygens (including phenoxy) is 1. The van der Waals surface area contributed by atoms with Crippen LogP contribution in [0.15, 0.2) is 18.2 Å². The normalized spacial score (nSPS) is 11.1. The van der Waals surface area contributed by atoms with E-state index in [1.807, 2.05) is 20.8 Å².